The van der Waals surface area contributed by atoms with E-state index in [1.54, 1.807) is 24.3 Å². The van der Waals surface area contributed by atoms with E-state index in [4.69, 9.17) is 28.2 Å². The van der Waals surface area contributed by atoms with E-state index in [1.807, 2.05) is 36.4 Å². The number of nitrogens with one attached hydrogen (secondary N) is 3. The number of aromatic nitrogens is 2. The number of hydrogen-bond donors (Lipinski definition) is 3. The number of aromatic amines is 1. The van der Waals surface area contributed by atoms with Crippen LogP contribution >= 0.6 is 23.2 Å². The van der Waals surface area contributed by atoms with E-state index in [9.17, 15) is 9.59 Å². The molecule has 198 valence electrons. The number of rotatable bonds is 5. The lowest BCUT2D eigenvalue weighted by atomic mass is 9.49. The number of fused-ring (bicyclic) bond motifs is 1. The predicted octanol–water partition coefficient (Wildman–Crippen LogP) is 7.94. The molecule has 4 saturated carbocycles. The summed E-state index contributed by atoms with van der Waals surface area (Å²) < 4.78 is 0. The number of amides is 2. The van der Waals surface area contributed by atoms with Crippen molar-refractivity contribution in [2.75, 3.05) is 10.6 Å². The molecular formula is C31H28Cl2N4O2. The number of imidazole rings is 1. The zero-order valence-corrected chi connectivity index (χ0v) is 22.8. The van der Waals surface area contributed by atoms with Gasteiger partial charge in [0.15, 0.2) is 0 Å². The Morgan fingerprint density at radius 3 is 2.15 bits per heavy atom. The summed E-state index contributed by atoms with van der Waals surface area (Å²) in [6.07, 6.45) is 7.13. The van der Waals surface area contributed by atoms with Crippen molar-refractivity contribution in [3.05, 3.63) is 76.3 Å². The van der Waals surface area contributed by atoms with Crippen molar-refractivity contribution in [2.45, 2.75) is 38.5 Å². The minimum Gasteiger partial charge on any atom is -0.338 e. The van der Waals surface area contributed by atoms with E-state index in [0.29, 0.717) is 27.1 Å². The predicted molar refractivity (Wildman–Crippen MR) is 155 cm³/mol. The Morgan fingerprint density at radius 2 is 1.49 bits per heavy atom. The highest BCUT2D eigenvalue weighted by molar-refractivity contribution is 6.37. The first kappa shape index (κ1) is 24.7. The standard InChI is InChI=1S/C31H28Cl2N4O2/c32-21-3-7-24(25(33)12-21)29(38)34-23-6-8-26-27(13-23)37-28(36-26)20-1-4-22(5-2-20)35-30(39)31-14-17-9-18(15-31)11-19(10-17)16-31/h1-8,12-13,17-19H,9-11,14-16H2,(H,34,38)(H,35,39)(H,36,37). The molecule has 1 aromatic heterocycles. The van der Waals surface area contributed by atoms with Crippen LogP contribution in [0.15, 0.2) is 60.7 Å². The summed E-state index contributed by atoms with van der Waals surface area (Å²) >= 11 is 12.1. The van der Waals surface area contributed by atoms with Gasteiger partial charge >= 0.3 is 0 Å². The summed E-state index contributed by atoms with van der Waals surface area (Å²) in [7, 11) is 0. The Hall–Kier alpha value is -3.35. The number of hydrogen-bond acceptors (Lipinski definition) is 3. The summed E-state index contributed by atoms with van der Waals surface area (Å²) in [6, 6.07) is 18.1. The molecule has 39 heavy (non-hydrogen) atoms. The highest BCUT2D eigenvalue weighted by atomic mass is 35.5. The fourth-order valence-electron chi connectivity index (χ4n) is 7.46. The molecule has 4 aliphatic carbocycles. The van der Waals surface area contributed by atoms with Crippen LogP contribution in [0.25, 0.3) is 22.4 Å². The van der Waals surface area contributed by atoms with E-state index in [-0.39, 0.29) is 17.2 Å². The van der Waals surface area contributed by atoms with Crippen LogP contribution in [0.3, 0.4) is 0 Å². The molecule has 4 aromatic rings. The van der Waals surface area contributed by atoms with Crippen LogP contribution in [0.5, 0.6) is 0 Å². The summed E-state index contributed by atoms with van der Waals surface area (Å²) in [5.74, 6) is 2.81. The van der Waals surface area contributed by atoms with Gasteiger partial charge in [-0.3, -0.25) is 9.59 Å². The SMILES string of the molecule is O=C(Nc1ccc2nc(-c3ccc(NC(=O)C45CC6CC(CC(C6)C4)C5)cc3)[nH]c2c1)c1ccc(Cl)cc1Cl. The Balaban J connectivity index is 1.05. The second kappa shape index (κ2) is 9.39. The number of benzene rings is 3. The van der Waals surface area contributed by atoms with Gasteiger partial charge in [-0.1, -0.05) is 23.2 Å². The lowest BCUT2D eigenvalue weighted by Gasteiger charge is -2.55. The smallest absolute Gasteiger partial charge is 0.257 e. The molecular weight excluding hydrogens is 531 g/mol. The van der Waals surface area contributed by atoms with Gasteiger partial charge in [-0.15, -0.1) is 0 Å². The van der Waals surface area contributed by atoms with Gasteiger partial charge in [0.25, 0.3) is 5.91 Å². The van der Waals surface area contributed by atoms with Crippen molar-refractivity contribution in [1.82, 2.24) is 9.97 Å². The molecule has 0 radical (unpaired) electrons. The van der Waals surface area contributed by atoms with Crippen molar-refractivity contribution in [2.24, 2.45) is 23.2 Å². The van der Waals surface area contributed by atoms with Gasteiger partial charge in [-0.2, -0.15) is 0 Å². The summed E-state index contributed by atoms with van der Waals surface area (Å²) in [6.45, 7) is 0. The second-order valence-corrected chi connectivity index (χ2v) is 12.5. The molecule has 1 heterocycles. The van der Waals surface area contributed by atoms with Gasteiger partial charge in [-0.25, -0.2) is 4.98 Å². The zero-order chi connectivity index (χ0) is 26.7. The number of H-pyrrole nitrogens is 1. The highest BCUT2D eigenvalue weighted by Gasteiger charge is 2.54. The average Bonchev–Trinajstić information content (AvgIpc) is 3.32. The van der Waals surface area contributed by atoms with Crippen molar-refractivity contribution < 1.29 is 9.59 Å². The molecule has 0 spiro atoms. The summed E-state index contributed by atoms with van der Waals surface area (Å²) in [4.78, 5) is 34.1. The molecule has 8 rings (SSSR count). The van der Waals surface area contributed by atoms with Crippen molar-refractivity contribution >= 4 is 57.4 Å². The third kappa shape index (κ3) is 4.60. The van der Waals surface area contributed by atoms with Gasteiger partial charge in [0.2, 0.25) is 5.91 Å². The van der Waals surface area contributed by atoms with Crippen LogP contribution in [0.1, 0.15) is 48.9 Å². The quantitative estimate of drug-likeness (QED) is 0.232. The Labute approximate surface area is 236 Å². The monoisotopic (exact) mass is 558 g/mol. The first-order chi connectivity index (χ1) is 18.8. The molecule has 2 amide bonds. The molecule has 8 heteroatoms. The number of halogens is 2. The molecule has 6 nitrogen and oxygen atoms in total. The third-order valence-electron chi connectivity index (χ3n) is 8.85. The lowest BCUT2D eigenvalue weighted by Crippen LogP contribution is -2.51. The first-order valence-electron chi connectivity index (χ1n) is 13.5. The molecule has 0 atom stereocenters. The highest BCUT2D eigenvalue weighted by Crippen LogP contribution is 2.60. The van der Waals surface area contributed by atoms with E-state index < -0.39 is 0 Å². The topological polar surface area (TPSA) is 86.9 Å². The minimum absolute atomic E-state index is 0.168. The maximum atomic E-state index is 13.4. The van der Waals surface area contributed by atoms with Crippen LogP contribution in [-0.4, -0.2) is 21.8 Å². The van der Waals surface area contributed by atoms with Gasteiger partial charge in [0.05, 0.1) is 27.0 Å². The van der Waals surface area contributed by atoms with Crippen LogP contribution in [0.2, 0.25) is 10.0 Å². The number of nitrogens with zero attached hydrogens (tertiary/aromatic N) is 1. The summed E-state index contributed by atoms with van der Waals surface area (Å²) in [5, 5.41) is 6.87. The average molecular weight is 559 g/mol. The van der Waals surface area contributed by atoms with Gasteiger partial charge in [-0.05, 0) is 117 Å². The normalized spacial score (nSPS) is 25.1. The molecule has 4 fully saturated rings. The van der Waals surface area contributed by atoms with Crippen molar-refractivity contribution in [3.8, 4) is 11.4 Å². The Kier molecular flexibility index (Phi) is 5.94. The minimum atomic E-state index is -0.318. The van der Waals surface area contributed by atoms with Crippen LogP contribution in [-0.2, 0) is 4.79 Å². The molecule has 4 aliphatic rings. The van der Waals surface area contributed by atoms with Gasteiger partial charge in [0.1, 0.15) is 5.82 Å². The van der Waals surface area contributed by atoms with E-state index in [1.165, 1.54) is 19.3 Å². The van der Waals surface area contributed by atoms with E-state index in [0.717, 1.165) is 59.3 Å². The molecule has 3 N–H and O–H groups in total. The first-order valence-corrected chi connectivity index (χ1v) is 14.3. The molecule has 0 saturated heterocycles. The molecule has 0 unspecified atom stereocenters. The van der Waals surface area contributed by atoms with Crippen LogP contribution in [0.4, 0.5) is 11.4 Å². The molecule has 3 aromatic carbocycles. The van der Waals surface area contributed by atoms with Gasteiger partial charge < -0.3 is 15.6 Å². The van der Waals surface area contributed by atoms with E-state index >= 15 is 0 Å². The van der Waals surface area contributed by atoms with Crippen molar-refractivity contribution in [1.29, 1.82) is 0 Å². The van der Waals surface area contributed by atoms with Gasteiger partial charge in [0, 0.05) is 22.0 Å². The number of carbonyl (C=O) groups is 2. The fraction of sp³-hybridized carbons (Fsp3) is 0.323. The number of anilines is 2. The van der Waals surface area contributed by atoms with E-state index in [2.05, 4.69) is 15.6 Å². The van der Waals surface area contributed by atoms with Crippen LogP contribution in [0, 0.1) is 23.2 Å². The molecule has 0 aliphatic heterocycles. The Bertz CT molecular complexity index is 1580. The fourth-order valence-corrected chi connectivity index (χ4v) is 7.95. The summed E-state index contributed by atoms with van der Waals surface area (Å²) in [5.41, 5.74) is 4.12. The van der Waals surface area contributed by atoms with Crippen molar-refractivity contribution in [3.63, 3.8) is 0 Å². The number of carbonyl (C=O) groups excluding carboxylic acids is 2. The Morgan fingerprint density at radius 1 is 0.821 bits per heavy atom. The molecule has 4 bridgehead atoms. The maximum Gasteiger partial charge on any atom is 0.257 e. The largest absolute Gasteiger partial charge is 0.338 e. The third-order valence-corrected chi connectivity index (χ3v) is 9.40. The second-order valence-electron chi connectivity index (χ2n) is 11.6. The lowest BCUT2D eigenvalue weighted by molar-refractivity contribution is -0.140. The zero-order valence-electron chi connectivity index (χ0n) is 21.3. The maximum absolute atomic E-state index is 13.4. The van der Waals surface area contributed by atoms with Crippen LogP contribution < -0.4 is 10.6 Å².